The van der Waals surface area contributed by atoms with Gasteiger partial charge in [0.15, 0.2) is 0 Å². The molecule has 0 nitrogen and oxygen atoms in total. The van der Waals surface area contributed by atoms with E-state index in [0.717, 1.165) is 37.2 Å². The first-order valence-electron chi connectivity index (χ1n) is 11.9. The molecule has 0 saturated heterocycles. The molecule has 0 N–H and O–H groups in total. The van der Waals surface area contributed by atoms with Crippen molar-refractivity contribution in [2.24, 2.45) is 11.8 Å². The number of allylic oxidation sites excluding steroid dienone is 4. The molecule has 1 saturated carbocycles. The summed E-state index contributed by atoms with van der Waals surface area (Å²) in [6, 6.07) is 3.15. The van der Waals surface area contributed by atoms with Gasteiger partial charge in [-0.3, -0.25) is 0 Å². The molecule has 0 bridgehead atoms. The molecule has 0 amide bonds. The summed E-state index contributed by atoms with van der Waals surface area (Å²) in [5.74, 6) is 0.897. The van der Waals surface area contributed by atoms with Crippen LogP contribution in [0.3, 0.4) is 0 Å². The van der Waals surface area contributed by atoms with Crippen LogP contribution in [0.5, 0.6) is 0 Å². The zero-order valence-corrected chi connectivity index (χ0v) is 18.4. The van der Waals surface area contributed by atoms with Gasteiger partial charge in [0.1, 0.15) is 11.6 Å². The first-order chi connectivity index (χ1) is 14.1. The van der Waals surface area contributed by atoms with Crippen molar-refractivity contribution in [3.63, 3.8) is 0 Å². The first-order valence-corrected chi connectivity index (χ1v) is 11.9. The summed E-state index contributed by atoms with van der Waals surface area (Å²) in [4.78, 5) is 0. The van der Waals surface area contributed by atoms with Crippen molar-refractivity contribution in [1.29, 1.82) is 0 Å². The van der Waals surface area contributed by atoms with Gasteiger partial charge in [-0.25, -0.2) is 8.78 Å². The molecule has 2 aliphatic carbocycles. The molecule has 1 atom stereocenters. The molecule has 1 aromatic carbocycles. The Kier molecular flexibility index (Phi) is 8.51. The van der Waals surface area contributed by atoms with Crippen LogP contribution in [-0.2, 0) is 6.42 Å². The monoisotopic (exact) mass is 400 g/mol. The van der Waals surface area contributed by atoms with Crippen LogP contribution < -0.4 is 0 Å². The Labute approximate surface area is 176 Å². The van der Waals surface area contributed by atoms with Gasteiger partial charge in [0, 0.05) is 11.5 Å². The number of halogens is 2. The van der Waals surface area contributed by atoms with Gasteiger partial charge in [0.2, 0.25) is 0 Å². The average molecular weight is 401 g/mol. The minimum absolute atomic E-state index is 0.0911. The smallest absolute Gasteiger partial charge is 0.129 e. The van der Waals surface area contributed by atoms with Crippen molar-refractivity contribution in [3.05, 3.63) is 58.7 Å². The third-order valence-corrected chi connectivity index (χ3v) is 6.99. The maximum atomic E-state index is 14.6. The second-order valence-electron chi connectivity index (χ2n) is 9.34. The van der Waals surface area contributed by atoms with E-state index >= 15 is 0 Å². The molecule has 0 radical (unpaired) electrons. The van der Waals surface area contributed by atoms with Crippen molar-refractivity contribution < 1.29 is 8.78 Å². The quantitative estimate of drug-likeness (QED) is 0.364. The van der Waals surface area contributed by atoms with E-state index < -0.39 is 0 Å². The van der Waals surface area contributed by atoms with Gasteiger partial charge in [-0.1, -0.05) is 77.0 Å². The second kappa shape index (κ2) is 11.1. The van der Waals surface area contributed by atoms with E-state index in [4.69, 9.17) is 0 Å². The summed E-state index contributed by atoms with van der Waals surface area (Å²) in [5, 5.41) is 0. The Morgan fingerprint density at radius 2 is 1.55 bits per heavy atom. The summed E-state index contributed by atoms with van der Waals surface area (Å²) in [6.45, 7) is 4.54. The Morgan fingerprint density at radius 1 is 0.897 bits per heavy atom. The molecule has 29 heavy (non-hydrogen) atoms. The van der Waals surface area contributed by atoms with Crippen LogP contribution in [0.1, 0.15) is 102 Å². The molecule has 2 heteroatoms. The molecule has 1 unspecified atom stereocenters. The SMILES string of the molecule is CCCCCCCCc1c(F)cc(C2C=CC([C@H]3CC[C@H](C)CC3)=CC2)cc1F. The molecule has 3 rings (SSSR count). The molecule has 0 aliphatic heterocycles. The predicted octanol–water partition coefficient (Wildman–Crippen LogP) is 8.66. The van der Waals surface area contributed by atoms with Crippen LogP contribution in [0.2, 0.25) is 0 Å². The van der Waals surface area contributed by atoms with Gasteiger partial charge < -0.3 is 0 Å². The lowest BCUT2D eigenvalue weighted by Gasteiger charge is -2.29. The fourth-order valence-electron chi connectivity index (χ4n) is 4.94. The minimum atomic E-state index is -0.363. The summed E-state index contributed by atoms with van der Waals surface area (Å²) in [5.41, 5.74) is 2.49. The second-order valence-corrected chi connectivity index (χ2v) is 9.34. The van der Waals surface area contributed by atoms with E-state index in [-0.39, 0.29) is 23.1 Å². The Morgan fingerprint density at radius 3 is 2.17 bits per heavy atom. The van der Waals surface area contributed by atoms with E-state index in [2.05, 4.69) is 32.1 Å². The van der Waals surface area contributed by atoms with Crippen LogP contribution in [0, 0.1) is 23.5 Å². The summed E-state index contributed by atoms with van der Waals surface area (Å²) < 4.78 is 29.2. The fourth-order valence-corrected chi connectivity index (χ4v) is 4.94. The number of rotatable bonds is 9. The molecule has 2 aliphatic rings. The normalized spacial score (nSPS) is 24.6. The summed E-state index contributed by atoms with van der Waals surface area (Å²) >= 11 is 0. The third kappa shape index (κ3) is 6.27. The summed E-state index contributed by atoms with van der Waals surface area (Å²) in [7, 11) is 0. The molecular formula is C27H38F2. The van der Waals surface area contributed by atoms with Gasteiger partial charge in [0.25, 0.3) is 0 Å². The first kappa shape index (κ1) is 22.2. The van der Waals surface area contributed by atoms with Gasteiger partial charge in [0.05, 0.1) is 0 Å². The molecule has 0 spiro atoms. The van der Waals surface area contributed by atoms with Crippen molar-refractivity contribution in [1.82, 2.24) is 0 Å². The molecular weight excluding hydrogens is 362 g/mol. The zero-order chi connectivity index (χ0) is 20.6. The van der Waals surface area contributed by atoms with Gasteiger partial charge in [-0.05, 0) is 67.2 Å². The molecule has 1 aromatic rings. The van der Waals surface area contributed by atoms with E-state index in [9.17, 15) is 8.78 Å². The maximum absolute atomic E-state index is 14.6. The fraction of sp³-hybridized carbons (Fsp3) is 0.630. The van der Waals surface area contributed by atoms with Crippen LogP contribution in [-0.4, -0.2) is 0 Å². The minimum Gasteiger partial charge on any atom is -0.207 e. The Bertz CT molecular complexity index is 684. The lowest BCUT2D eigenvalue weighted by molar-refractivity contribution is 0.322. The standard InChI is InChI=1S/C27H38F2/c1-3-4-5-6-7-8-9-25-26(28)18-24(19-27(25)29)23-16-14-22(15-17-23)21-12-10-20(2)11-13-21/h14-16,18-21,23H,3-13,17H2,1-2H3/t20-,21-,23?. The van der Waals surface area contributed by atoms with E-state index in [1.54, 1.807) is 12.1 Å². The highest BCUT2D eigenvalue weighted by atomic mass is 19.1. The van der Waals surface area contributed by atoms with Crippen molar-refractivity contribution >= 4 is 0 Å². The van der Waals surface area contributed by atoms with Crippen LogP contribution in [0.25, 0.3) is 0 Å². The van der Waals surface area contributed by atoms with Gasteiger partial charge in [-0.2, -0.15) is 0 Å². The van der Waals surface area contributed by atoms with E-state index in [1.165, 1.54) is 50.5 Å². The number of hydrogen-bond acceptors (Lipinski definition) is 0. The molecule has 0 heterocycles. The third-order valence-electron chi connectivity index (χ3n) is 6.99. The lowest BCUT2D eigenvalue weighted by Crippen LogP contribution is -2.15. The Balaban J connectivity index is 1.55. The summed E-state index contributed by atoms with van der Waals surface area (Å²) in [6.07, 6.45) is 20.0. The number of hydrogen-bond donors (Lipinski definition) is 0. The van der Waals surface area contributed by atoms with E-state index in [0.29, 0.717) is 12.3 Å². The average Bonchev–Trinajstić information content (AvgIpc) is 2.73. The van der Waals surface area contributed by atoms with E-state index in [1.807, 2.05) is 0 Å². The highest BCUT2D eigenvalue weighted by molar-refractivity contribution is 5.36. The van der Waals surface area contributed by atoms with Crippen molar-refractivity contribution in [3.8, 4) is 0 Å². The molecule has 1 fully saturated rings. The number of benzene rings is 1. The lowest BCUT2D eigenvalue weighted by atomic mass is 9.76. The highest BCUT2D eigenvalue weighted by Gasteiger charge is 2.23. The van der Waals surface area contributed by atoms with Gasteiger partial charge >= 0.3 is 0 Å². The van der Waals surface area contributed by atoms with Crippen LogP contribution in [0.15, 0.2) is 35.9 Å². The van der Waals surface area contributed by atoms with Gasteiger partial charge in [-0.15, -0.1) is 0 Å². The van der Waals surface area contributed by atoms with Crippen molar-refractivity contribution in [2.45, 2.75) is 96.8 Å². The zero-order valence-electron chi connectivity index (χ0n) is 18.4. The largest absolute Gasteiger partial charge is 0.207 e. The highest BCUT2D eigenvalue weighted by Crippen LogP contribution is 2.37. The molecule has 160 valence electrons. The predicted molar refractivity (Wildman–Crippen MR) is 119 cm³/mol. The molecule has 0 aromatic heterocycles. The maximum Gasteiger partial charge on any atom is 0.129 e. The van der Waals surface area contributed by atoms with Crippen molar-refractivity contribution in [2.75, 3.05) is 0 Å². The topological polar surface area (TPSA) is 0 Å². The Hall–Kier alpha value is -1.44. The number of unbranched alkanes of at least 4 members (excludes halogenated alkanes) is 5. The van der Waals surface area contributed by atoms with Crippen LogP contribution >= 0.6 is 0 Å². The van der Waals surface area contributed by atoms with Crippen LogP contribution in [0.4, 0.5) is 8.78 Å².